The lowest BCUT2D eigenvalue weighted by Gasteiger charge is -2.09. The summed E-state index contributed by atoms with van der Waals surface area (Å²) >= 11 is 5.93. The van der Waals surface area contributed by atoms with E-state index in [0.29, 0.717) is 23.3 Å². The Hall–Kier alpha value is -1.94. The largest absolute Gasteiger partial charge is 0.508 e. The van der Waals surface area contributed by atoms with E-state index in [9.17, 15) is 5.11 Å². The van der Waals surface area contributed by atoms with Gasteiger partial charge in [-0.2, -0.15) is 4.98 Å². The first-order valence-corrected chi connectivity index (χ1v) is 5.79. The zero-order valence-corrected chi connectivity index (χ0v) is 10.6. The summed E-state index contributed by atoms with van der Waals surface area (Å²) in [6.07, 6.45) is 0. The standard InChI is InChI=1S/C13H13ClN2O2/c1-18-13-7-10(14)6-12(16-13)15-8-9-4-2-3-5-11(9)17/h2-7,17H,8H2,1H3,(H,15,16). The van der Waals surface area contributed by atoms with E-state index >= 15 is 0 Å². The molecule has 0 aliphatic heterocycles. The number of pyridine rings is 1. The second-order valence-electron chi connectivity index (χ2n) is 3.70. The van der Waals surface area contributed by atoms with Gasteiger partial charge in [0.1, 0.15) is 11.6 Å². The summed E-state index contributed by atoms with van der Waals surface area (Å²) in [4.78, 5) is 4.20. The van der Waals surface area contributed by atoms with Gasteiger partial charge in [-0.3, -0.25) is 0 Å². The van der Waals surface area contributed by atoms with E-state index in [4.69, 9.17) is 16.3 Å². The van der Waals surface area contributed by atoms with Crippen LogP contribution in [0.15, 0.2) is 36.4 Å². The van der Waals surface area contributed by atoms with E-state index in [1.807, 2.05) is 12.1 Å². The first-order valence-electron chi connectivity index (χ1n) is 5.41. The Kier molecular flexibility index (Phi) is 3.89. The Labute approximate surface area is 110 Å². The van der Waals surface area contributed by atoms with Gasteiger partial charge in [0.05, 0.1) is 7.11 Å². The number of para-hydroxylation sites is 1. The van der Waals surface area contributed by atoms with E-state index < -0.39 is 0 Å². The quantitative estimate of drug-likeness (QED) is 0.891. The maximum atomic E-state index is 9.63. The van der Waals surface area contributed by atoms with Crippen LogP contribution in [0.25, 0.3) is 0 Å². The molecule has 0 radical (unpaired) electrons. The lowest BCUT2D eigenvalue weighted by Crippen LogP contribution is -2.02. The summed E-state index contributed by atoms with van der Waals surface area (Å²) in [5.74, 6) is 1.30. The van der Waals surface area contributed by atoms with Crippen LogP contribution in [0, 0.1) is 0 Å². The molecule has 0 saturated carbocycles. The van der Waals surface area contributed by atoms with Crippen LogP contribution < -0.4 is 10.1 Å². The van der Waals surface area contributed by atoms with Crippen molar-refractivity contribution in [1.29, 1.82) is 0 Å². The molecule has 0 amide bonds. The number of hydrogen-bond acceptors (Lipinski definition) is 4. The predicted octanol–water partition coefficient (Wildman–Crippen LogP) is 3.06. The van der Waals surface area contributed by atoms with Gasteiger partial charge >= 0.3 is 0 Å². The molecule has 2 aromatic rings. The Morgan fingerprint density at radius 3 is 2.83 bits per heavy atom. The molecule has 0 aliphatic rings. The lowest BCUT2D eigenvalue weighted by molar-refractivity contribution is 0.398. The third-order valence-corrected chi connectivity index (χ3v) is 2.65. The fraction of sp³-hybridized carbons (Fsp3) is 0.154. The topological polar surface area (TPSA) is 54.4 Å². The maximum Gasteiger partial charge on any atom is 0.216 e. The Morgan fingerprint density at radius 2 is 2.11 bits per heavy atom. The molecule has 0 spiro atoms. The molecule has 0 aliphatic carbocycles. The number of phenols is 1. The number of benzene rings is 1. The number of rotatable bonds is 4. The molecule has 2 rings (SSSR count). The van der Waals surface area contributed by atoms with Crippen LogP contribution in [0.3, 0.4) is 0 Å². The average Bonchev–Trinajstić information content (AvgIpc) is 2.37. The molecule has 18 heavy (non-hydrogen) atoms. The third-order valence-electron chi connectivity index (χ3n) is 2.43. The molecule has 4 nitrogen and oxygen atoms in total. The van der Waals surface area contributed by atoms with Gasteiger partial charge < -0.3 is 15.2 Å². The van der Waals surface area contributed by atoms with E-state index in [2.05, 4.69) is 10.3 Å². The summed E-state index contributed by atoms with van der Waals surface area (Å²) in [6, 6.07) is 10.5. The summed E-state index contributed by atoms with van der Waals surface area (Å²) in [5.41, 5.74) is 0.790. The predicted molar refractivity (Wildman–Crippen MR) is 71.2 cm³/mol. The summed E-state index contributed by atoms with van der Waals surface area (Å²) < 4.78 is 5.03. The number of hydrogen-bond donors (Lipinski definition) is 2. The van der Waals surface area contributed by atoms with Crippen LogP contribution in [0.1, 0.15) is 5.56 Å². The van der Waals surface area contributed by atoms with Crippen molar-refractivity contribution in [3.63, 3.8) is 0 Å². The van der Waals surface area contributed by atoms with Crippen LogP contribution in [-0.4, -0.2) is 17.2 Å². The van der Waals surface area contributed by atoms with Crippen molar-refractivity contribution in [2.75, 3.05) is 12.4 Å². The number of anilines is 1. The zero-order valence-electron chi connectivity index (χ0n) is 9.85. The van der Waals surface area contributed by atoms with Gasteiger partial charge in [0.15, 0.2) is 0 Å². The van der Waals surface area contributed by atoms with Gasteiger partial charge in [0, 0.05) is 23.2 Å². The minimum absolute atomic E-state index is 0.249. The molecule has 94 valence electrons. The Bertz CT molecular complexity index is 546. The van der Waals surface area contributed by atoms with E-state index in [0.717, 1.165) is 5.56 Å². The molecule has 0 bridgehead atoms. The highest BCUT2D eigenvalue weighted by atomic mass is 35.5. The van der Waals surface area contributed by atoms with Crippen LogP contribution in [0.4, 0.5) is 5.82 Å². The number of nitrogens with zero attached hydrogens (tertiary/aromatic N) is 1. The number of nitrogens with one attached hydrogen (secondary N) is 1. The van der Waals surface area contributed by atoms with Crippen LogP contribution in [-0.2, 0) is 6.54 Å². The van der Waals surface area contributed by atoms with Crippen molar-refractivity contribution in [3.05, 3.63) is 47.0 Å². The molecular weight excluding hydrogens is 252 g/mol. The van der Waals surface area contributed by atoms with Crippen LogP contribution >= 0.6 is 11.6 Å². The number of aromatic nitrogens is 1. The van der Waals surface area contributed by atoms with Crippen molar-refractivity contribution in [2.24, 2.45) is 0 Å². The van der Waals surface area contributed by atoms with Crippen molar-refractivity contribution in [2.45, 2.75) is 6.54 Å². The maximum absolute atomic E-state index is 9.63. The molecule has 2 N–H and O–H groups in total. The molecule has 0 saturated heterocycles. The summed E-state index contributed by atoms with van der Waals surface area (Å²) in [7, 11) is 1.53. The van der Waals surface area contributed by atoms with Crippen molar-refractivity contribution in [1.82, 2.24) is 4.98 Å². The monoisotopic (exact) mass is 264 g/mol. The third kappa shape index (κ3) is 3.05. The fourth-order valence-corrected chi connectivity index (χ4v) is 1.71. The molecule has 1 aromatic carbocycles. The highest BCUT2D eigenvalue weighted by Crippen LogP contribution is 2.21. The average molecular weight is 265 g/mol. The first-order chi connectivity index (χ1) is 8.69. The highest BCUT2D eigenvalue weighted by molar-refractivity contribution is 6.30. The van der Waals surface area contributed by atoms with Gasteiger partial charge in [0.25, 0.3) is 0 Å². The van der Waals surface area contributed by atoms with Gasteiger partial charge in [-0.25, -0.2) is 0 Å². The van der Waals surface area contributed by atoms with Crippen molar-refractivity contribution >= 4 is 17.4 Å². The van der Waals surface area contributed by atoms with Crippen molar-refractivity contribution in [3.8, 4) is 11.6 Å². The minimum atomic E-state index is 0.249. The van der Waals surface area contributed by atoms with E-state index in [1.54, 1.807) is 24.3 Å². The number of ether oxygens (including phenoxy) is 1. The van der Waals surface area contributed by atoms with E-state index in [-0.39, 0.29) is 5.75 Å². The first kappa shape index (κ1) is 12.5. The number of methoxy groups -OCH3 is 1. The second-order valence-corrected chi connectivity index (χ2v) is 4.13. The lowest BCUT2D eigenvalue weighted by atomic mass is 10.2. The van der Waals surface area contributed by atoms with Gasteiger partial charge in [-0.05, 0) is 12.1 Å². The molecule has 0 unspecified atom stereocenters. The van der Waals surface area contributed by atoms with Gasteiger partial charge in [-0.1, -0.05) is 29.8 Å². The molecule has 0 atom stereocenters. The molecular formula is C13H13ClN2O2. The number of aromatic hydroxyl groups is 1. The Balaban J connectivity index is 2.11. The second kappa shape index (κ2) is 5.60. The molecule has 5 heteroatoms. The fourth-order valence-electron chi connectivity index (χ4n) is 1.51. The zero-order chi connectivity index (χ0) is 13.0. The number of phenolic OH excluding ortho intramolecular Hbond substituents is 1. The number of halogens is 1. The molecule has 1 aromatic heterocycles. The van der Waals surface area contributed by atoms with Crippen LogP contribution in [0.5, 0.6) is 11.6 Å². The minimum Gasteiger partial charge on any atom is -0.508 e. The molecule has 0 fully saturated rings. The summed E-state index contributed by atoms with van der Waals surface area (Å²) in [6.45, 7) is 0.461. The van der Waals surface area contributed by atoms with Gasteiger partial charge in [0.2, 0.25) is 5.88 Å². The van der Waals surface area contributed by atoms with E-state index in [1.165, 1.54) is 7.11 Å². The smallest absolute Gasteiger partial charge is 0.216 e. The molecule has 1 heterocycles. The summed E-state index contributed by atoms with van der Waals surface area (Å²) in [5, 5.41) is 13.3. The SMILES string of the molecule is COc1cc(Cl)cc(NCc2ccccc2O)n1. The normalized spacial score (nSPS) is 10.1. The Morgan fingerprint density at radius 1 is 1.33 bits per heavy atom. The van der Waals surface area contributed by atoms with Gasteiger partial charge in [-0.15, -0.1) is 0 Å². The van der Waals surface area contributed by atoms with Crippen molar-refractivity contribution < 1.29 is 9.84 Å². The highest BCUT2D eigenvalue weighted by Gasteiger charge is 2.03. The van der Waals surface area contributed by atoms with Crippen LogP contribution in [0.2, 0.25) is 5.02 Å².